The molecule has 0 N–H and O–H groups in total. The van der Waals surface area contributed by atoms with Crippen molar-refractivity contribution in [2.75, 3.05) is 49.7 Å². The largest absolute Gasteiger partial charge is 0.378 e. The molecule has 2 aliphatic rings. The summed E-state index contributed by atoms with van der Waals surface area (Å²) in [5, 5.41) is 0. The molecule has 2 fully saturated rings. The van der Waals surface area contributed by atoms with E-state index in [4.69, 9.17) is 4.74 Å². The van der Waals surface area contributed by atoms with Gasteiger partial charge in [-0.05, 0) is 47.9 Å². The van der Waals surface area contributed by atoms with Crippen molar-refractivity contribution in [1.29, 1.82) is 0 Å². The molecular weight excluding hydrogens is 390 g/mol. The SMILES string of the molecule is CN(Cc1ccc(N2CCOCC2)cc1)C(=O)/C=C/c1ccc(N2CCCC2=O)cc1. The maximum absolute atomic E-state index is 12.5. The van der Waals surface area contributed by atoms with E-state index in [1.54, 1.807) is 11.0 Å². The number of ether oxygens (including phenoxy) is 1. The highest BCUT2D eigenvalue weighted by Gasteiger charge is 2.21. The lowest BCUT2D eigenvalue weighted by atomic mass is 10.1. The monoisotopic (exact) mass is 419 g/mol. The van der Waals surface area contributed by atoms with E-state index in [1.165, 1.54) is 5.69 Å². The van der Waals surface area contributed by atoms with Crippen molar-refractivity contribution in [3.63, 3.8) is 0 Å². The van der Waals surface area contributed by atoms with Crippen LogP contribution in [0.4, 0.5) is 11.4 Å². The van der Waals surface area contributed by atoms with Gasteiger partial charge in [0.25, 0.3) is 0 Å². The molecule has 162 valence electrons. The molecule has 0 bridgehead atoms. The Labute approximate surface area is 183 Å². The Balaban J connectivity index is 1.30. The first-order valence-electron chi connectivity index (χ1n) is 10.9. The minimum Gasteiger partial charge on any atom is -0.378 e. The van der Waals surface area contributed by atoms with Crippen molar-refractivity contribution >= 4 is 29.3 Å². The second kappa shape index (κ2) is 9.79. The average Bonchev–Trinajstić information content (AvgIpc) is 3.24. The number of carbonyl (C=O) groups excluding carboxylic acids is 2. The molecule has 2 aromatic rings. The van der Waals surface area contributed by atoms with Gasteiger partial charge in [0.1, 0.15) is 0 Å². The zero-order valence-corrected chi connectivity index (χ0v) is 18.0. The quantitative estimate of drug-likeness (QED) is 0.674. The van der Waals surface area contributed by atoms with Crippen LogP contribution in [0.3, 0.4) is 0 Å². The van der Waals surface area contributed by atoms with Gasteiger partial charge in [0.15, 0.2) is 0 Å². The zero-order valence-electron chi connectivity index (χ0n) is 18.0. The molecule has 0 aliphatic carbocycles. The number of anilines is 2. The molecule has 2 aliphatic heterocycles. The van der Waals surface area contributed by atoms with Gasteiger partial charge in [-0.1, -0.05) is 24.3 Å². The second-order valence-corrected chi connectivity index (χ2v) is 8.03. The Morgan fingerprint density at radius 3 is 2.32 bits per heavy atom. The summed E-state index contributed by atoms with van der Waals surface area (Å²) in [6.45, 7) is 4.71. The lowest BCUT2D eigenvalue weighted by Gasteiger charge is -2.29. The van der Waals surface area contributed by atoms with Crippen molar-refractivity contribution in [3.05, 3.63) is 65.7 Å². The minimum absolute atomic E-state index is 0.0453. The van der Waals surface area contributed by atoms with Gasteiger partial charge in [-0.2, -0.15) is 0 Å². The number of hydrogen-bond donors (Lipinski definition) is 0. The average molecular weight is 420 g/mol. The standard InChI is InChI=1S/C25H29N3O3/c1-26(19-21-6-9-22(10-7-21)27-15-17-31-18-16-27)24(29)13-8-20-4-11-23(12-5-20)28-14-2-3-25(28)30/h4-13H,2-3,14-19H2,1H3/b13-8+. The Morgan fingerprint density at radius 1 is 1.00 bits per heavy atom. The van der Waals surface area contributed by atoms with E-state index in [1.807, 2.05) is 42.3 Å². The molecule has 2 heterocycles. The van der Waals surface area contributed by atoms with E-state index in [0.29, 0.717) is 13.0 Å². The molecule has 0 radical (unpaired) electrons. The number of nitrogens with zero attached hydrogens (tertiary/aromatic N) is 3. The van der Waals surface area contributed by atoms with E-state index >= 15 is 0 Å². The van der Waals surface area contributed by atoms with Gasteiger partial charge in [0.2, 0.25) is 11.8 Å². The Kier molecular flexibility index (Phi) is 6.67. The Bertz CT molecular complexity index is 931. The topological polar surface area (TPSA) is 53.1 Å². The summed E-state index contributed by atoms with van der Waals surface area (Å²) in [6, 6.07) is 16.1. The smallest absolute Gasteiger partial charge is 0.246 e. The number of benzene rings is 2. The molecule has 0 saturated carbocycles. The van der Waals surface area contributed by atoms with Crippen LogP contribution in [0.1, 0.15) is 24.0 Å². The van der Waals surface area contributed by atoms with Crippen molar-refractivity contribution < 1.29 is 14.3 Å². The van der Waals surface area contributed by atoms with E-state index in [0.717, 1.165) is 56.1 Å². The third-order valence-electron chi connectivity index (χ3n) is 5.81. The summed E-state index contributed by atoms with van der Waals surface area (Å²) in [5.74, 6) is 0.133. The van der Waals surface area contributed by atoms with Crippen LogP contribution < -0.4 is 9.80 Å². The van der Waals surface area contributed by atoms with E-state index in [2.05, 4.69) is 29.2 Å². The summed E-state index contributed by atoms with van der Waals surface area (Å²) in [5.41, 5.74) is 4.15. The van der Waals surface area contributed by atoms with Gasteiger partial charge in [-0.3, -0.25) is 9.59 Å². The normalized spacial score (nSPS) is 16.9. The highest BCUT2D eigenvalue weighted by molar-refractivity contribution is 5.95. The lowest BCUT2D eigenvalue weighted by Crippen LogP contribution is -2.36. The van der Waals surface area contributed by atoms with Crippen molar-refractivity contribution in [3.8, 4) is 0 Å². The van der Waals surface area contributed by atoms with Crippen molar-refractivity contribution in [1.82, 2.24) is 4.90 Å². The summed E-state index contributed by atoms with van der Waals surface area (Å²) in [7, 11) is 1.81. The zero-order chi connectivity index (χ0) is 21.6. The number of carbonyl (C=O) groups is 2. The first-order valence-corrected chi connectivity index (χ1v) is 10.9. The summed E-state index contributed by atoms with van der Waals surface area (Å²) >= 11 is 0. The van der Waals surface area contributed by atoms with Crippen LogP contribution in [0.25, 0.3) is 6.08 Å². The van der Waals surface area contributed by atoms with Crippen LogP contribution in [-0.2, 0) is 20.9 Å². The second-order valence-electron chi connectivity index (χ2n) is 8.03. The third kappa shape index (κ3) is 5.33. The van der Waals surface area contributed by atoms with Gasteiger partial charge in [0, 0.05) is 57.1 Å². The molecule has 6 nitrogen and oxygen atoms in total. The first-order chi connectivity index (χ1) is 15.1. The van der Waals surface area contributed by atoms with Gasteiger partial charge >= 0.3 is 0 Å². The molecule has 0 aromatic heterocycles. The van der Waals surface area contributed by atoms with E-state index in [9.17, 15) is 9.59 Å². The number of rotatable bonds is 6. The third-order valence-corrected chi connectivity index (χ3v) is 5.81. The van der Waals surface area contributed by atoms with E-state index in [-0.39, 0.29) is 11.8 Å². The highest BCUT2D eigenvalue weighted by Crippen LogP contribution is 2.22. The fraction of sp³-hybridized carbons (Fsp3) is 0.360. The number of amides is 2. The maximum atomic E-state index is 12.5. The molecule has 2 amide bonds. The predicted octanol–water partition coefficient (Wildman–Crippen LogP) is 3.32. The molecule has 2 saturated heterocycles. The lowest BCUT2D eigenvalue weighted by molar-refractivity contribution is -0.125. The van der Waals surface area contributed by atoms with Crippen LogP contribution in [0.15, 0.2) is 54.6 Å². The first kappa shape index (κ1) is 21.1. The van der Waals surface area contributed by atoms with Crippen LogP contribution in [0, 0.1) is 0 Å². The minimum atomic E-state index is -0.0453. The van der Waals surface area contributed by atoms with Crippen LogP contribution >= 0.6 is 0 Å². The van der Waals surface area contributed by atoms with Crippen LogP contribution in [0.5, 0.6) is 0 Å². The molecule has 0 atom stereocenters. The number of likely N-dealkylation sites (N-methyl/N-ethyl adjacent to an activating group) is 1. The summed E-state index contributed by atoms with van der Waals surface area (Å²) in [6.07, 6.45) is 4.95. The molecular formula is C25H29N3O3. The maximum Gasteiger partial charge on any atom is 0.246 e. The van der Waals surface area contributed by atoms with Gasteiger partial charge < -0.3 is 19.4 Å². The van der Waals surface area contributed by atoms with Crippen LogP contribution in [0.2, 0.25) is 0 Å². The predicted molar refractivity (Wildman–Crippen MR) is 123 cm³/mol. The molecule has 31 heavy (non-hydrogen) atoms. The van der Waals surface area contributed by atoms with Gasteiger partial charge in [-0.25, -0.2) is 0 Å². The molecule has 6 heteroatoms. The fourth-order valence-electron chi connectivity index (χ4n) is 3.97. The highest BCUT2D eigenvalue weighted by atomic mass is 16.5. The molecule has 0 unspecified atom stereocenters. The van der Waals surface area contributed by atoms with E-state index < -0.39 is 0 Å². The molecule has 4 rings (SSSR count). The Morgan fingerprint density at radius 2 is 1.68 bits per heavy atom. The number of hydrogen-bond acceptors (Lipinski definition) is 4. The number of morpholine rings is 1. The van der Waals surface area contributed by atoms with Gasteiger partial charge in [0.05, 0.1) is 13.2 Å². The molecule has 2 aromatic carbocycles. The van der Waals surface area contributed by atoms with Crippen molar-refractivity contribution in [2.45, 2.75) is 19.4 Å². The van der Waals surface area contributed by atoms with Crippen molar-refractivity contribution in [2.24, 2.45) is 0 Å². The summed E-state index contributed by atoms with van der Waals surface area (Å²) in [4.78, 5) is 30.2. The van der Waals surface area contributed by atoms with Gasteiger partial charge in [-0.15, -0.1) is 0 Å². The fourth-order valence-corrected chi connectivity index (χ4v) is 3.97. The van der Waals surface area contributed by atoms with Crippen LogP contribution in [-0.4, -0.2) is 56.6 Å². The Hall–Kier alpha value is -3.12. The summed E-state index contributed by atoms with van der Waals surface area (Å²) < 4.78 is 5.40. The molecule has 0 spiro atoms.